The largest absolute Gasteiger partial charge is 0.385 e. The van der Waals surface area contributed by atoms with Crippen molar-refractivity contribution < 1.29 is 9.53 Å². The number of nitrogens with two attached hydrogens (primary N) is 1. The first-order chi connectivity index (χ1) is 16.8. The Balaban J connectivity index is 1.69. The molecule has 0 unspecified atom stereocenters. The minimum absolute atomic E-state index is 0.113. The Morgan fingerprint density at radius 1 is 1.23 bits per heavy atom. The third kappa shape index (κ3) is 6.04. The number of fused-ring (bicyclic) bond motifs is 1. The van der Waals surface area contributed by atoms with E-state index in [2.05, 4.69) is 15.3 Å². The van der Waals surface area contributed by atoms with Gasteiger partial charge in [0.2, 0.25) is 5.95 Å². The molecule has 0 aliphatic heterocycles. The number of halogens is 1. The highest BCUT2D eigenvalue weighted by Gasteiger charge is 2.20. The summed E-state index contributed by atoms with van der Waals surface area (Å²) >= 11 is 7.61. The molecule has 0 radical (unpaired) electrons. The molecule has 2 heterocycles. The van der Waals surface area contributed by atoms with E-state index in [1.807, 2.05) is 37.3 Å². The molecule has 4 rings (SSSR count). The number of benzene rings is 2. The monoisotopic (exact) mass is 512 g/mol. The number of hydrogen-bond acceptors (Lipinski definition) is 8. The second-order valence-electron chi connectivity index (χ2n) is 7.92. The van der Waals surface area contributed by atoms with E-state index in [0.717, 1.165) is 31.5 Å². The van der Waals surface area contributed by atoms with Gasteiger partial charge in [0, 0.05) is 37.2 Å². The molecule has 0 fully saturated rings. The van der Waals surface area contributed by atoms with Gasteiger partial charge in [-0.15, -0.1) is 11.3 Å². The third-order valence-corrected chi connectivity index (χ3v) is 6.44. The van der Waals surface area contributed by atoms with Gasteiger partial charge in [-0.25, -0.2) is 10.8 Å². The summed E-state index contributed by atoms with van der Waals surface area (Å²) in [6.45, 7) is 3.00. The molecule has 0 spiro atoms. The van der Waals surface area contributed by atoms with Crippen LogP contribution in [0, 0.1) is 6.92 Å². The zero-order chi connectivity index (χ0) is 24.9. The van der Waals surface area contributed by atoms with Crippen LogP contribution in [0.5, 0.6) is 0 Å². The van der Waals surface area contributed by atoms with E-state index in [-0.39, 0.29) is 12.1 Å². The van der Waals surface area contributed by atoms with Gasteiger partial charge in [-0.2, -0.15) is 4.98 Å². The molecule has 0 aliphatic carbocycles. The number of carbonyl (C=O) groups is 1. The lowest BCUT2D eigenvalue weighted by molar-refractivity contribution is 0.0734. The number of hydrazine groups is 1. The molecule has 4 aromatic rings. The van der Waals surface area contributed by atoms with Crippen LogP contribution in [-0.2, 0) is 11.3 Å². The highest BCUT2D eigenvalue weighted by molar-refractivity contribution is 7.18. The van der Waals surface area contributed by atoms with Gasteiger partial charge in [0.1, 0.15) is 5.56 Å². The molecule has 11 heteroatoms. The average molecular weight is 513 g/mol. The van der Waals surface area contributed by atoms with Crippen molar-refractivity contribution >= 4 is 50.7 Å². The number of rotatable bonds is 9. The Morgan fingerprint density at radius 3 is 2.74 bits per heavy atom. The Morgan fingerprint density at radius 2 is 2.00 bits per heavy atom. The summed E-state index contributed by atoms with van der Waals surface area (Å²) in [6.07, 6.45) is 2.03. The number of aromatic nitrogens is 3. The smallest absolute Gasteiger partial charge is 0.287 e. The quantitative estimate of drug-likeness (QED) is 0.151. The van der Waals surface area contributed by atoms with Crippen molar-refractivity contribution in [1.29, 1.82) is 0 Å². The van der Waals surface area contributed by atoms with Crippen molar-refractivity contribution in [3.8, 4) is 0 Å². The van der Waals surface area contributed by atoms with Gasteiger partial charge < -0.3 is 14.6 Å². The van der Waals surface area contributed by atoms with E-state index in [0.29, 0.717) is 30.5 Å². The molecule has 0 saturated carbocycles. The maximum atomic E-state index is 12.9. The maximum absolute atomic E-state index is 12.9. The Bertz CT molecular complexity index is 1400. The first-order valence-corrected chi connectivity index (χ1v) is 12.1. The number of hydrogen-bond donors (Lipinski definition) is 2. The second-order valence-corrected chi connectivity index (χ2v) is 9.59. The van der Waals surface area contributed by atoms with Crippen LogP contribution in [0.15, 0.2) is 53.5 Å². The summed E-state index contributed by atoms with van der Waals surface area (Å²) in [4.78, 5) is 34.4. The fraction of sp³-hybridized carbons (Fsp3) is 0.250. The first-order valence-electron chi connectivity index (χ1n) is 10.9. The highest BCUT2D eigenvalue weighted by Crippen LogP contribution is 2.26. The topological polar surface area (TPSA) is 115 Å². The van der Waals surface area contributed by atoms with Gasteiger partial charge in [-0.3, -0.25) is 14.6 Å². The van der Waals surface area contributed by atoms with Crippen molar-refractivity contribution in [3.05, 3.63) is 80.2 Å². The van der Waals surface area contributed by atoms with E-state index >= 15 is 0 Å². The average Bonchev–Trinajstić information content (AvgIpc) is 3.21. The lowest BCUT2D eigenvalue weighted by Crippen LogP contribution is -2.41. The lowest BCUT2D eigenvalue weighted by Gasteiger charge is -2.19. The van der Waals surface area contributed by atoms with Crippen LogP contribution in [0.2, 0.25) is 5.02 Å². The molecule has 35 heavy (non-hydrogen) atoms. The summed E-state index contributed by atoms with van der Waals surface area (Å²) < 4.78 is 7.73. The molecule has 182 valence electrons. The zero-order valence-corrected chi connectivity index (χ0v) is 20.9. The SMILES string of the molecule is COCCCN(N)C(=O)c1cn(Cc2ccc(Cl)cc2)c(Nc2ccc3nc(C)sc3c2)nc1=O. The molecule has 0 saturated heterocycles. The van der Waals surface area contributed by atoms with Crippen molar-refractivity contribution in [2.24, 2.45) is 5.84 Å². The summed E-state index contributed by atoms with van der Waals surface area (Å²) in [5.41, 5.74) is 1.79. The fourth-order valence-corrected chi connectivity index (χ4v) is 4.52. The summed E-state index contributed by atoms with van der Waals surface area (Å²) in [6, 6.07) is 13.0. The van der Waals surface area contributed by atoms with Crippen LogP contribution in [0.1, 0.15) is 27.3 Å². The molecule has 0 aliphatic rings. The second kappa shape index (κ2) is 11.0. The normalized spacial score (nSPS) is 11.1. The summed E-state index contributed by atoms with van der Waals surface area (Å²) in [7, 11) is 1.57. The Labute approximate surface area is 211 Å². The molecule has 0 atom stereocenters. The van der Waals surface area contributed by atoms with Crippen LogP contribution in [-0.4, -0.2) is 45.7 Å². The number of thiazole rings is 1. The standard InChI is InChI=1S/C24H25ClN6O3S/c1-15-27-20-9-8-18(12-21(20)35-15)28-24-29-22(32)19(23(33)31(26)10-3-11-34-2)14-30(24)13-16-4-6-17(25)7-5-16/h4-9,12,14H,3,10-11,13,26H2,1-2H3,(H,28,29,32). The van der Waals surface area contributed by atoms with E-state index in [1.165, 1.54) is 6.20 Å². The number of amides is 1. The molecule has 9 nitrogen and oxygen atoms in total. The van der Waals surface area contributed by atoms with Crippen LogP contribution in [0.25, 0.3) is 10.2 Å². The van der Waals surface area contributed by atoms with E-state index < -0.39 is 11.5 Å². The van der Waals surface area contributed by atoms with Crippen molar-refractivity contribution in [1.82, 2.24) is 19.5 Å². The number of nitrogens with one attached hydrogen (secondary N) is 1. The van der Waals surface area contributed by atoms with Gasteiger partial charge in [-0.1, -0.05) is 23.7 Å². The van der Waals surface area contributed by atoms with Crippen LogP contribution >= 0.6 is 22.9 Å². The van der Waals surface area contributed by atoms with Crippen molar-refractivity contribution in [2.45, 2.75) is 19.9 Å². The molecule has 2 aromatic carbocycles. The highest BCUT2D eigenvalue weighted by atomic mass is 35.5. The van der Waals surface area contributed by atoms with Crippen molar-refractivity contribution in [2.75, 3.05) is 25.6 Å². The molecular formula is C24H25ClN6O3S. The van der Waals surface area contributed by atoms with Gasteiger partial charge in [0.05, 0.1) is 21.8 Å². The Hall–Kier alpha value is -3.31. The summed E-state index contributed by atoms with van der Waals surface area (Å²) in [5.74, 6) is 5.61. The minimum atomic E-state index is -0.665. The molecule has 0 bridgehead atoms. The van der Waals surface area contributed by atoms with Gasteiger partial charge >= 0.3 is 0 Å². The predicted octanol–water partition coefficient (Wildman–Crippen LogP) is 3.96. The fourth-order valence-electron chi connectivity index (χ4n) is 3.53. The molecule has 2 aromatic heterocycles. The van der Waals surface area contributed by atoms with Crippen LogP contribution < -0.4 is 16.7 Å². The number of methoxy groups -OCH3 is 1. The Kier molecular flexibility index (Phi) is 7.76. The van der Waals surface area contributed by atoms with E-state index in [4.69, 9.17) is 22.2 Å². The number of ether oxygens (including phenoxy) is 1. The lowest BCUT2D eigenvalue weighted by atomic mass is 10.2. The van der Waals surface area contributed by atoms with Gasteiger partial charge in [-0.05, 0) is 49.2 Å². The molecular weight excluding hydrogens is 488 g/mol. The number of nitrogens with zero attached hydrogens (tertiary/aromatic N) is 4. The maximum Gasteiger partial charge on any atom is 0.287 e. The van der Waals surface area contributed by atoms with E-state index in [9.17, 15) is 9.59 Å². The third-order valence-electron chi connectivity index (χ3n) is 5.25. The molecule has 1 amide bonds. The first kappa shape index (κ1) is 24.8. The number of carbonyl (C=O) groups excluding carboxylic acids is 1. The summed E-state index contributed by atoms with van der Waals surface area (Å²) in [5, 5.41) is 5.81. The van der Waals surface area contributed by atoms with Crippen LogP contribution in [0.3, 0.4) is 0 Å². The van der Waals surface area contributed by atoms with E-state index in [1.54, 1.807) is 35.1 Å². The van der Waals surface area contributed by atoms with Crippen LogP contribution in [0.4, 0.5) is 11.6 Å². The zero-order valence-electron chi connectivity index (χ0n) is 19.3. The van der Waals surface area contributed by atoms with Gasteiger partial charge in [0.15, 0.2) is 0 Å². The number of aryl methyl sites for hydroxylation is 1. The number of anilines is 2. The van der Waals surface area contributed by atoms with Gasteiger partial charge in [0.25, 0.3) is 11.5 Å². The molecule has 3 N–H and O–H groups in total. The minimum Gasteiger partial charge on any atom is -0.385 e. The predicted molar refractivity (Wildman–Crippen MR) is 138 cm³/mol. The van der Waals surface area contributed by atoms with Crippen molar-refractivity contribution in [3.63, 3.8) is 0 Å².